The largest absolute Gasteiger partial charge is 0.299 e. The lowest BCUT2D eigenvalue weighted by atomic mass is 9.48. The van der Waals surface area contributed by atoms with Gasteiger partial charge in [0.15, 0.2) is 11.6 Å². The molecule has 3 nitrogen and oxygen atoms in total. The van der Waals surface area contributed by atoms with Gasteiger partial charge in [0.05, 0.1) is 10.8 Å². The first-order valence-corrected chi connectivity index (χ1v) is 7.01. The Balaban J connectivity index is 2.20. The highest BCUT2D eigenvalue weighted by Crippen LogP contribution is 2.58. The molecule has 0 radical (unpaired) electrons. The predicted octanol–water partition coefficient (Wildman–Crippen LogP) is 2.71. The van der Waals surface area contributed by atoms with Gasteiger partial charge in [0.2, 0.25) is 0 Å². The van der Waals surface area contributed by atoms with Crippen LogP contribution in [0, 0.1) is 16.7 Å². The first-order valence-electron chi connectivity index (χ1n) is 7.01. The Hall–Kier alpha value is -0.990. The average Bonchev–Trinajstić information content (AvgIpc) is 2.68. The zero-order valence-electron chi connectivity index (χ0n) is 11.5. The van der Waals surface area contributed by atoms with Crippen LogP contribution in [0.3, 0.4) is 0 Å². The summed E-state index contributed by atoms with van der Waals surface area (Å²) in [5, 5.41) is 0. The average molecular weight is 250 g/mol. The van der Waals surface area contributed by atoms with E-state index in [1.807, 2.05) is 0 Å². The van der Waals surface area contributed by atoms with Crippen molar-refractivity contribution in [2.75, 3.05) is 0 Å². The topological polar surface area (TPSA) is 51.2 Å². The normalized spacial score (nSPS) is 28.8. The van der Waals surface area contributed by atoms with Crippen LogP contribution in [0.25, 0.3) is 0 Å². The van der Waals surface area contributed by atoms with E-state index in [4.69, 9.17) is 0 Å². The zero-order valence-corrected chi connectivity index (χ0v) is 11.5. The van der Waals surface area contributed by atoms with Crippen molar-refractivity contribution >= 4 is 17.3 Å². The van der Waals surface area contributed by atoms with E-state index in [1.54, 1.807) is 13.8 Å². The van der Waals surface area contributed by atoms with Crippen LogP contribution in [0.1, 0.15) is 59.3 Å². The van der Waals surface area contributed by atoms with Gasteiger partial charge in [0.25, 0.3) is 0 Å². The maximum Gasteiger partial charge on any atom is 0.160 e. The fraction of sp³-hybridized carbons (Fsp3) is 0.800. The molecule has 1 unspecified atom stereocenters. The van der Waals surface area contributed by atoms with Gasteiger partial charge in [-0.25, -0.2) is 0 Å². The van der Waals surface area contributed by atoms with Gasteiger partial charge in [-0.3, -0.25) is 14.4 Å². The summed E-state index contributed by atoms with van der Waals surface area (Å²) in [6, 6.07) is 0. The quantitative estimate of drug-likeness (QED) is 0.569. The highest BCUT2D eigenvalue weighted by molar-refractivity contribution is 6.32. The minimum Gasteiger partial charge on any atom is -0.299 e. The summed E-state index contributed by atoms with van der Waals surface area (Å²) in [4.78, 5) is 36.6. The molecule has 0 amide bonds. The molecule has 2 rings (SSSR count). The van der Waals surface area contributed by atoms with E-state index in [-0.39, 0.29) is 23.3 Å². The monoisotopic (exact) mass is 250 g/mol. The van der Waals surface area contributed by atoms with Gasteiger partial charge >= 0.3 is 0 Å². The van der Waals surface area contributed by atoms with Crippen molar-refractivity contribution in [3.8, 4) is 0 Å². The molecule has 0 aromatic rings. The molecule has 0 saturated heterocycles. The standard InChI is InChI=1S/C15H22O3/c1-4-5-6-7-10-11(16)8-9-15(10)12(17)14(2,3)13(15)18/h10H,4-9H2,1-3H3. The van der Waals surface area contributed by atoms with E-state index in [0.29, 0.717) is 19.3 Å². The minimum atomic E-state index is -0.922. The van der Waals surface area contributed by atoms with Crippen molar-refractivity contribution in [1.29, 1.82) is 0 Å². The van der Waals surface area contributed by atoms with E-state index in [1.165, 1.54) is 0 Å². The summed E-state index contributed by atoms with van der Waals surface area (Å²) in [5.74, 6) is -0.180. The lowest BCUT2D eigenvalue weighted by Gasteiger charge is -2.49. The summed E-state index contributed by atoms with van der Waals surface area (Å²) in [5.41, 5.74) is -1.78. The van der Waals surface area contributed by atoms with Crippen LogP contribution in [0.5, 0.6) is 0 Å². The number of carbonyl (C=O) groups is 3. The van der Waals surface area contributed by atoms with E-state index < -0.39 is 10.8 Å². The summed E-state index contributed by atoms with van der Waals surface area (Å²) in [6.45, 7) is 5.48. The second kappa shape index (κ2) is 4.29. The van der Waals surface area contributed by atoms with Crippen molar-refractivity contribution in [2.24, 2.45) is 16.7 Å². The van der Waals surface area contributed by atoms with Crippen LogP contribution >= 0.6 is 0 Å². The van der Waals surface area contributed by atoms with Crippen molar-refractivity contribution in [3.63, 3.8) is 0 Å². The van der Waals surface area contributed by atoms with Gasteiger partial charge in [-0.1, -0.05) is 26.2 Å². The number of hydrogen-bond donors (Lipinski definition) is 0. The van der Waals surface area contributed by atoms with E-state index in [2.05, 4.69) is 6.92 Å². The smallest absolute Gasteiger partial charge is 0.160 e. The zero-order chi connectivity index (χ0) is 13.6. The molecule has 2 saturated carbocycles. The summed E-state index contributed by atoms with van der Waals surface area (Å²) < 4.78 is 0. The maximum atomic E-state index is 12.3. The first kappa shape index (κ1) is 13.4. The lowest BCUT2D eigenvalue weighted by Crippen LogP contribution is -2.66. The minimum absolute atomic E-state index is 0.00680. The van der Waals surface area contributed by atoms with E-state index >= 15 is 0 Å². The molecule has 2 aliphatic rings. The Bertz CT molecular complexity index is 388. The van der Waals surface area contributed by atoms with Gasteiger partial charge in [-0.05, 0) is 26.7 Å². The number of ketones is 3. The van der Waals surface area contributed by atoms with Gasteiger partial charge in [0, 0.05) is 12.3 Å². The molecule has 0 aromatic carbocycles. The molecule has 0 bridgehead atoms. The molecule has 18 heavy (non-hydrogen) atoms. The molecule has 0 aromatic heterocycles. The Morgan fingerprint density at radius 2 is 1.72 bits per heavy atom. The second-order valence-electron chi connectivity index (χ2n) is 6.27. The van der Waals surface area contributed by atoms with E-state index in [9.17, 15) is 14.4 Å². The third-order valence-corrected chi connectivity index (χ3v) is 4.79. The fourth-order valence-corrected chi connectivity index (χ4v) is 3.75. The molecule has 2 fully saturated rings. The van der Waals surface area contributed by atoms with Crippen LogP contribution in [0.4, 0.5) is 0 Å². The Morgan fingerprint density at radius 3 is 2.28 bits per heavy atom. The van der Waals surface area contributed by atoms with Crippen LogP contribution in [0.15, 0.2) is 0 Å². The maximum absolute atomic E-state index is 12.3. The molecular formula is C15H22O3. The predicted molar refractivity (Wildman–Crippen MR) is 68.1 cm³/mol. The van der Waals surface area contributed by atoms with Crippen LogP contribution in [0.2, 0.25) is 0 Å². The first-order chi connectivity index (χ1) is 8.39. The third kappa shape index (κ3) is 1.52. The summed E-state index contributed by atoms with van der Waals surface area (Å²) in [7, 11) is 0. The highest BCUT2D eigenvalue weighted by atomic mass is 16.2. The molecule has 3 heteroatoms. The fourth-order valence-electron chi connectivity index (χ4n) is 3.75. The van der Waals surface area contributed by atoms with Crippen LogP contribution < -0.4 is 0 Å². The molecular weight excluding hydrogens is 228 g/mol. The summed E-state index contributed by atoms with van der Waals surface area (Å²) >= 11 is 0. The molecule has 1 spiro atoms. The van der Waals surface area contributed by atoms with Crippen molar-refractivity contribution in [2.45, 2.75) is 59.3 Å². The van der Waals surface area contributed by atoms with Crippen molar-refractivity contribution in [1.82, 2.24) is 0 Å². The number of unbranched alkanes of at least 4 members (excludes halogenated alkanes) is 2. The van der Waals surface area contributed by atoms with Gasteiger partial charge in [0.1, 0.15) is 5.78 Å². The Morgan fingerprint density at radius 1 is 1.11 bits per heavy atom. The van der Waals surface area contributed by atoms with E-state index in [0.717, 1.165) is 19.3 Å². The molecule has 0 N–H and O–H groups in total. The van der Waals surface area contributed by atoms with Crippen LogP contribution in [-0.2, 0) is 14.4 Å². The molecule has 2 aliphatic carbocycles. The molecule has 100 valence electrons. The number of carbonyl (C=O) groups excluding carboxylic acids is 3. The Labute approximate surface area is 108 Å². The number of rotatable bonds is 4. The van der Waals surface area contributed by atoms with Gasteiger partial charge in [-0.2, -0.15) is 0 Å². The second-order valence-corrected chi connectivity index (χ2v) is 6.27. The van der Waals surface area contributed by atoms with Gasteiger partial charge in [-0.15, -0.1) is 0 Å². The summed E-state index contributed by atoms with van der Waals surface area (Å²) in [6.07, 6.45) is 4.66. The SMILES string of the molecule is CCCCCC1C(=O)CCC12C(=O)C(C)(C)C2=O. The molecule has 0 aliphatic heterocycles. The number of Topliss-reactive ketones (excluding diaryl/α,β-unsaturated/α-hetero) is 3. The van der Waals surface area contributed by atoms with Gasteiger partial charge < -0.3 is 0 Å². The molecule has 1 atom stereocenters. The van der Waals surface area contributed by atoms with Crippen LogP contribution in [-0.4, -0.2) is 17.3 Å². The Kier molecular flexibility index (Phi) is 3.20. The number of hydrogen-bond acceptors (Lipinski definition) is 3. The lowest BCUT2D eigenvalue weighted by molar-refractivity contribution is -0.173. The highest BCUT2D eigenvalue weighted by Gasteiger charge is 2.72. The third-order valence-electron chi connectivity index (χ3n) is 4.79. The van der Waals surface area contributed by atoms with Crippen molar-refractivity contribution in [3.05, 3.63) is 0 Å². The molecule has 0 heterocycles. The van der Waals surface area contributed by atoms with Crippen molar-refractivity contribution < 1.29 is 14.4 Å².